The van der Waals surface area contributed by atoms with Gasteiger partial charge in [0.25, 0.3) is 11.7 Å². The summed E-state index contributed by atoms with van der Waals surface area (Å²) in [7, 11) is 0. The average molecular weight is 366 g/mol. The van der Waals surface area contributed by atoms with E-state index in [1.165, 1.54) is 6.33 Å². The van der Waals surface area contributed by atoms with Crippen molar-refractivity contribution in [3.8, 4) is 0 Å². The molecule has 0 saturated carbocycles. The molecule has 0 aliphatic carbocycles. The Morgan fingerprint density at radius 2 is 2.04 bits per heavy atom. The van der Waals surface area contributed by atoms with Gasteiger partial charge in [0.05, 0.1) is 11.9 Å². The molecule has 1 aliphatic heterocycles. The van der Waals surface area contributed by atoms with Gasteiger partial charge in [-0.15, -0.1) is 0 Å². The van der Waals surface area contributed by atoms with Crippen LogP contribution in [0.2, 0.25) is 0 Å². The molecule has 9 nitrogen and oxygen atoms in total. The fraction of sp³-hybridized carbons (Fsp3) is 0.444. The van der Waals surface area contributed by atoms with Gasteiger partial charge >= 0.3 is 0 Å². The summed E-state index contributed by atoms with van der Waals surface area (Å²) >= 11 is 0. The van der Waals surface area contributed by atoms with E-state index in [1.807, 2.05) is 0 Å². The highest BCUT2D eigenvalue weighted by Gasteiger charge is 2.23. The normalized spacial score (nSPS) is 15.4. The molecular formula is C18H22N8O. The molecule has 1 fully saturated rings. The first-order chi connectivity index (χ1) is 13.1. The summed E-state index contributed by atoms with van der Waals surface area (Å²) < 4.78 is 1.68. The number of anilines is 1. The maximum atomic E-state index is 12.7. The molecule has 4 heterocycles. The Labute approximate surface area is 156 Å². The maximum Gasteiger partial charge on any atom is 0.270 e. The van der Waals surface area contributed by atoms with E-state index in [4.69, 9.17) is 0 Å². The number of nitrogens with zero attached hydrogens (tertiary/aromatic N) is 7. The second-order valence-electron chi connectivity index (χ2n) is 6.99. The molecule has 4 rings (SSSR count). The third-order valence-electron chi connectivity index (χ3n) is 4.81. The van der Waals surface area contributed by atoms with Crippen molar-refractivity contribution in [2.75, 3.05) is 18.0 Å². The number of fused-ring (bicyclic) bond motifs is 1. The second-order valence-corrected chi connectivity index (χ2v) is 6.99. The summed E-state index contributed by atoms with van der Waals surface area (Å²) in [6.07, 6.45) is 8.30. The van der Waals surface area contributed by atoms with Gasteiger partial charge < -0.3 is 10.2 Å². The average Bonchev–Trinajstić information content (AvgIpc) is 3.17. The third kappa shape index (κ3) is 3.57. The molecule has 27 heavy (non-hydrogen) atoms. The fourth-order valence-corrected chi connectivity index (χ4v) is 3.33. The molecule has 3 aromatic rings. The third-order valence-corrected chi connectivity index (χ3v) is 4.81. The Hall–Kier alpha value is -3.10. The zero-order valence-electron chi connectivity index (χ0n) is 15.4. The first-order valence-electron chi connectivity index (χ1n) is 9.14. The maximum absolute atomic E-state index is 12.7. The van der Waals surface area contributed by atoms with Crippen molar-refractivity contribution < 1.29 is 4.79 Å². The van der Waals surface area contributed by atoms with E-state index in [9.17, 15) is 4.79 Å². The summed E-state index contributed by atoms with van der Waals surface area (Å²) in [5, 5.41) is 7.30. The van der Waals surface area contributed by atoms with Crippen molar-refractivity contribution in [1.29, 1.82) is 0 Å². The Morgan fingerprint density at radius 1 is 1.22 bits per heavy atom. The Bertz CT molecular complexity index is 931. The van der Waals surface area contributed by atoms with Crippen LogP contribution in [0, 0.1) is 0 Å². The number of nitrogens with one attached hydrogen (secondary N) is 1. The highest BCUT2D eigenvalue weighted by atomic mass is 16.2. The molecule has 0 atom stereocenters. The lowest BCUT2D eigenvalue weighted by molar-refractivity contribution is 0.0926. The lowest BCUT2D eigenvalue weighted by Gasteiger charge is -2.32. The van der Waals surface area contributed by atoms with Crippen LogP contribution in [0.25, 0.3) is 5.78 Å². The summed E-state index contributed by atoms with van der Waals surface area (Å²) in [6.45, 7) is 5.77. The number of aromatic nitrogens is 6. The van der Waals surface area contributed by atoms with Gasteiger partial charge in [-0.2, -0.15) is 10.1 Å². The van der Waals surface area contributed by atoms with Crippen LogP contribution in [-0.2, 0) is 0 Å². The van der Waals surface area contributed by atoms with Crippen molar-refractivity contribution >= 4 is 17.5 Å². The van der Waals surface area contributed by atoms with Crippen LogP contribution in [0.15, 0.2) is 31.0 Å². The van der Waals surface area contributed by atoms with Gasteiger partial charge in [-0.1, -0.05) is 13.8 Å². The van der Waals surface area contributed by atoms with Crippen LogP contribution >= 0.6 is 0 Å². The molecule has 1 N–H and O–H groups in total. The smallest absolute Gasteiger partial charge is 0.270 e. The van der Waals surface area contributed by atoms with E-state index in [2.05, 4.69) is 49.1 Å². The quantitative estimate of drug-likeness (QED) is 0.745. The van der Waals surface area contributed by atoms with E-state index in [0.717, 1.165) is 37.4 Å². The van der Waals surface area contributed by atoms with Crippen molar-refractivity contribution in [1.82, 2.24) is 34.9 Å². The number of hydrogen-bond donors (Lipinski definition) is 1. The monoisotopic (exact) mass is 366 g/mol. The predicted octanol–water partition coefficient (Wildman–Crippen LogP) is 1.44. The van der Waals surface area contributed by atoms with Crippen LogP contribution in [0.3, 0.4) is 0 Å². The number of piperidine rings is 1. The van der Waals surface area contributed by atoms with Gasteiger partial charge in [-0.3, -0.25) is 9.78 Å². The van der Waals surface area contributed by atoms with Gasteiger partial charge in [0.2, 0.25) is 0 Å². The van der Waals surface area contributed by atoms with Gasteiger partial charge in [0.1, 0.15) is 17.8 Å². The summed E-state index contributed by atoms with van der Waals surface area (Å²) in [6, 6.07) is 1.92. The van der Waals surface area contributed by atoms with Gasteiger partial charge in [-0.05, 0) is 24.8 Å². The minimum absolute atomic E-state index is 0.115. The van der Waals surface area contributed by atoms with Gasteiger partial charge in [0, 0.05) is 31.5 Å². The Balaban J connectivity index is 1.43. The van der Waals surface area contributed by atoms with Crippen molar-refractivity contribution in [2.24, 2.45) is 0 Å². The van der Waals surface area contributed by atoms with Gasteiger partial charge in [-0.25, -0.2) is 14.5 Å². The lowest BCUT2D eigenvalue weighted by atomic mass is 10.0. The fourth-order valence-electron chi connectivity index (χ4n) is 3.33. The largest absolute Gasteiger partial charge is 0.355 e. The van der Waals surface area contributed by atoms with Crippen molar-refractivity contribution in [3.05, 3.63) is 42.4 Å². The van der Waals surface area contributed by atoms with Crippen LogP contribution in [-0.4, -0.2) is 54.6 Å². The highest BCUT2D eigenvalue weighted by molar-refractivity contribution is 5.93. The number of carbonyl (C=O) groups is 1. The van der Waals surface area contributed by atoms with Crippen molar-refractivity contribution in [3.63, 3.8) is 0 Å². The Morgan fingerprint density at radius 3 is 2.74 bits per heavy atom. The molecule has 9 heteroatoms. The molecule has 0 aromatic carbocycles. The number of amides is 1. The first-order valence-corrected chi connectivity index (χ1v) is 9.14. The first kappa shape index (κ1) is 17.3. The highest BCUT2D eigenvalue weighted by Crippen LogP contribution is 2.18. The van der Waals surface area contributed by atoms with E-state index in [-0.39, 0.29) is 17.9 Å². The standard InChI is InChI=1S/C18H22N8O/c1-12(2)15-9-14(24-18-21-11-22-26(15)18)17(27)23-13-3-7-25(8-4-13)16-10-19-5-6-20-16/h5-6,9-13H,3-4,7-8H2,1-2H3,(H,23,27). The lowest BCUT2D eigenvalue weighted by Crippen LogP contribution is -2.45. The number of rotatable bonds is 4. The summed E-state index contributed by atoms with van der Waals surface area (Å²) in [4.78, 5) is 31.9. The second kappa shape index (κ2) is 7.26. The zero-order chi connectivity index (χ0) is 18.8. The molecular weight excluding hydrogens is 344 g/mol. The number of carbonyl (C=O) groups excluding carboxylic acids is 1. The van der Waals surface area contributed by atoms with E-state index in [0.29, 0.717) is 11.5 Å². The minimum atomic E-state index is -0.166. The topological polar surface area (TPSA) is 101 Å². The van der Waals surface area contributed by atoms with E-state index >= 15 is 0 Å². The van der Waals surface area contributed by atoms with E-state index in [1.54, 1.807) is 29.2 Å². The predicted molar refractivity (Wildman–Crippen MR) is 99.6 cm³/mol. The molecule has 1 amide bonds. The molecule has 3 aromatic heterocycles. The molecule has 140 valence electrons. The van der Waals surface area contributed by atoms with E-state index < -0.39 is 0 Å². The zero-order valence-corrected chi connectivity index (χ0v) is 15.4. The summed E-state index contributed by atoms with van der Waals surface area (Å²) in [5.74, 6) is 1.37. The Kier molecular flexibility index (Phi) is 4.66. The van der Waals surface area contributed by atoms with Crippen LogP contribution < -0.4 is 10.2 Å². The molecule has 0 spiro atoms. The van der Waals surface area contributed by atoms with Crippen LogP contribution in [0.5, 0.6) is 0 Å². The molecule has 0 bridgehead atoms. The summed E-state index contributed by atoms with van der Waals surface area (Å²) in [5.41, 5.74) is 1.30. The van der Waals surface area contributed by atoms with Crippen LogP contribution in [0.4, 0.5) is 5.82 Å². The molecule has 1 saturated heterocycles. The molecule has 1 aliphatic rings. The molecule has 0 unspecified atom stereocenters. The SMILES string of the molecule is CC(C)c1cc(C(=O)NC2CCN(c3cnccn3)CC2)nc2ncnn12. The molecule has 0 radical (unpaired) electrons. The van der Waals surface area contributed by atoms with Crippen molar-refractivity contribution in [2.45, 2.75) is 38.6 Å². The van der Waals surface area contributed by atoms with Gasteiger partial charge in [0.15, 0.2) is 0 Å². The minimum Gasteiger partial charge on any atom is -0.355 e. The van der Waals surface area contributed by atoms with Crippen LogP contribution in [0.1, 0.15) is 48.8 Å². The number of hydrogen-bond acceptors (Lipinski definition) is 7.